The first kappa shape index (κ1) is 35.1. The van der Waals surface area contributed by atoms with E-state index in [0.717, 1.165) is 74.8 Å². The molecule has 3 aromatic rings. The maximum Gasteiger partial charge on any atom is 0.243 e. The summed E-state index contributed by atoms with van der Waals surface area (Å²) in [5, 5.41) is 14.4. The fraction of sp³-hybridized carbons (Fsp3) is 0.467. The minimum absolute atomic E-state index is 0. The van der Waals surface area contributed by atoms with Crippen LogP contribution in [-0.4, -0.2) is 92.5 Å². The van der Waals surface area contributed by atoms with Crippen molar-refractivity contribution >= 4 is 52.0 Å². The number of sulfonamides is 1. The first-order valence-electron chi connectivity index (χ1n) is 14.8. The van der Waals surface area contributed by atoms with E-state index in [1.807, 2.05) is 12.1 Å². The standard InChI is InChI=1S/C30H37F2N7O3S.2ClH/c1-37-9-11-38(12-10-37)23-4-5-25(28(16-23)34-18-22-3-2-7-33-22)30(40)17-29-26-19-39(8-6-27(26)35-36-29)43(41,42)24-14-20(31)13-21(32)15-24;;/h4-5,13-16,22,33-34H,2-3,6-12,17-19H2,1H3,(H,35,36);2*1H/t22-;;/m1../s1. The zero-order chi connectivity index (χ0) is 30.1. The highest BCUT2D eigenvalue weighted by molar-refractivity contribution is 7.89. The fourth-order valence-electron chi connectivity index (χ4n) is 6.10. The van der Waals surface area contributed by atoms with Gasteiger partial charge in [0.05, 0.1) is 17.0 Å². The summed E-state index contributed by atoms with van der Waals surface area (Å²) < 4.78 is 55.3. The molecule has 15 heteroatoms. The number of nitrogens with one attached hydrogen (secondary N) is 3. The van der Waals surface area contributed by atoms with Gasteiger partial charge in [-0.25, -0.2) is 17.2 Å². The number of nitrogens with zero attached hydrogens (tertiary/aromatic N) is 4. The minimum atomic E-state index is -4.16. The monoisotopic (exact) mass is 685 g/mol. The van der Waals surface area contributed by atoms with E-state index in [0.29, 0.717) is 41.9 Å². The molecule has 2 saturated heterocycles. The summed E-state index contributed by atoms with van der Waals surface area (Å²) in [5.74, 6) is -2.05. The Morgan fingerprint density at radius 1 is 1.04 bits per heavy atom. The first-order valence-corrected chi connectivity index (χ1v) is 16.2. The van der Waals surface area contributed by atoms with Gasteiger partial charge in [-0.3, -0.25) is 9.89 Å². The predicted molar refractivity (Wildman–Crippen MR) is 174 cm³/mol. The molecule has 2 fully saturated rings. The van der Waals surface area contributed by atoms with E-state index in [-0.39, 0.29) is 50.1 Å². The van der Waals surface area contributed by atoms with Crippen LogP contribution in [0.2, 0.25) is 0 Å². The number of carbonyl (C=O) groups excluding carboxylic acids is 1. The molecule has 45 heavy (non-hydrogen) atoms. The van der Waals surface area contributed by atoms with Gasteiger partial charge in [0.1, 0.15) is 11.6 Å². The maximum absolute atomic E-state index is 13.8. The van der Waals surface area contributed by atoms with E-state index in [1.165, 1.54) is 4.31 Å². The number of Topliss-reactive ketones (excluding diaryl/α,β-unsaturated/α-hetero) is 1. The molecule has 1 aromatic heterocycles. The highest BCUT2D eigenvalue weighted by Crippen LogP contribution is 2.30. The highest BCUT2D eigenvalue weighted by Gasteiger charge is 2.32. The Bertz CT molecular complexity index is 1590. The number of ketones is 1. The van der Waals surface area contributed by atoms with Crippen LogP contribution in [0.15, 0.2) is 41.3 Å². The molecule has 0 radical (unpaired) electrons. The molecule has 3 N–H and O–H groups in total. The summed E-state index contributed by atoms with van der Waals surface area (Å²) in [6, 6.07) is 8.52. The number of piperazine rings is 1. The van der Waals surface area contributed by atoms with E-state index < -0.39 is 26.6 Å². The Labute approximate surface area is 274 Å². The van der Waals surface area contributed by atoms with E-state index in [4.69, 9.17) is 0 Å². The molecule has 2 aromatic carbocycles. The van der Waals surface area contributed by atoms with E-state index in [2.05, 4.69) is 43.7 Å². The second-order valence-electron chi connectivity index (χ2n) is 11.6. The lowest BCUT2D eigenvalue weighted by atomic mass is 9.99. The third kappa shape index (κ3) is 7.78. The number of anilines is 2. The smallest absolute Gasteiger partial charge is 0.243 e. The Balaban J connectivity index is 0.00000230. The zero-order valence-corrected chi connectivity index (χ0v) is 27.5. The van der Waals surface area contributed by atoms with Crippen molar-refractivity contribution in [3.63, 3.8) is 0 Å². The SMILES string of the molecule is CN1CCN(c2ccc(C(=O)Cc3n[nH]c4c3CN(S(=O)(=O)c3cc(F)cc(F)c3)CC4)c(NC[C@H]3CCCN3)c2)CC1.Cl.Cl. The average Bonchev–Trinajstić information content (AvgIpc) is 3.66. The molecule has 0 bridgehead atoms. The lowest BCUT2D eigenvalue weighted by Crippen LogP contribution is -2.44. The molecular formula is C30H39Cl2F2N7O3S. The lowest BCUT2D eigenvalue weighted by Gasteiger charge is -2.34. The number of fused-ring (bicyclic) bond motifs is 1. The second kappa shape index (κ2) is 14.7. The van der Waals surface area contributed by atoms with Crippen LogP contribution in [-0.2, 0) is 29.4 Å². The van der Waals surface area contributed by atoms with Crippen LogP contribution in [0.3, 0.4) is 0 Å². The Kier molecular flexibility index (Phi) is 11.5. The summed E-state index contributed by atoms with van der Waals surface area (Å²) in [4.78, 5) is 18.0. The van der Waals surface area contributed by atoms with Crippen molar-refractivity contribution in [2.75, 3.05) is 63.1 Å². The normalized spacial score (nSPS) is 19.0. The summed E-state index contributed by atoms with van der Waals surface area (Å²) in [6.45, 7) is 5.54. The number of benzene rings is 2. The molecule has 1 atom stereocenters. The largest absolute Gasteiger partial charge is 0.383 e. The molecule has 10 nitrogen and oxygen atoms in total. The fourth-order valence-corrected chi connectivity index (χ4v) is 7.55. The first-order chi connectivity index (χ1) is 20.7. The van der Waals surface area contributed by atoms with Gasteiger partial charge < -0.3 is 20.4 Å². The number of H-pyrrole nitrogens is 1. The van der Waals surface area contributed by atoms with Crippen LogP contribution in [0, 0.1) is 11.6 Å². The highest BCUT2D eigenvalue weighted by atomic mass is 35.5. The lowest BCUT2D eigenvalue weighted by molar-refractivity contribution is 0.0992. The molecule has 0 saturated carbocycles. The summed E-state index contributed by atoms with van der Waals surface area (Å²) in [7, 11) is -2.05. The van der Waals surface area contributed by atoms with Crippen LogP contribution in [0.1, 0.15) is 40.2 Å². The van der Waals surface area contributed by atoms with Crippen LogP contribution in [0.4, 0.5) is 20.2 Å². The van der Waals surface area contributed by atoms with Crippen LogP contribution >= 0.6 is 24.8 Å². The topological polar surface area (TPSA) is 114 Å². The quantitative estimate of drug-likeness (QED) is 0.293. The average molecular weight is 687 g/mol. The number of hydrogen-bond donors (Lipinski definition) is 3. The maximum atomic E-state index is 13.8. The molecule has 4 heterocycles. The van der Waals surface area contributed by atoms with Gasteiger partial charge in [0.15, 0.2) is 5.78 Å². The van der Waals surface area contributed by atoms with Gasteiger partial charge in [0.25, 0.3) is 0 Å². The number of aromatic amines is 1. The van der Waals surface area contributed by atoms with Crippen molar-refractivity contribution in [1.82, 2.24) is 24.7 Å². The number of carbonyl (C=O) groups is 1. The van der Waals surface area contributed by atoms with Gasteiger partial charge in [-0.1, -0.05) is 0 Å². The van der Waals surface area contributed by atoms with Crippen LogP contribution in [0.5, 0.6) is 0 Å². The Morgan fingerprint density at radius 3 is 2.47 bits per heavy atom. The number of aromatic nitrogens is 2. The van der Waals surface area contributed by atoms with Gasteiger partial charge in [0.2, 0.25) is 10.0 Å². The summed E-state index contributed by atoms with van der Waals surface area (Å²) >= 11 is 0. The van der Waals surface area contributed by atoms with Gasteiger partial charge in [-0.15, -0.1) is 24.8 Å². The second-order valence-corrected chi connectivity index (χ2v) is 13.6. The van der Waals surface area contributed by atoms with Crippen LogP contribution < -0.4 is 15.5 Å². The van der Waals surface area contributed by atoms with Crippen molar-refractivity contribution in [3.8, 4) is 0 Å². The molecule has 0 unspecified atom stereocenters. The van der Waals surface area contributed by atoms with Gasteiger partial charge in [-0.05, 0) is 56.8 Å². The molecular weight excluding hydrogens is 647 g/mol. The van der Waals surface area contributed by atoms with Crippen molar-refractivity contribution in [2.24, 2.45) is 0 Å². The molecule has 3 aliphatic heterocycles. The molecule has 0 spiro atoms. The number of rotatable bonds is 9. The predicted octanol–water partition coefficient (Wildman–Crippen LogP) is 3.62. The number of likely N-dealkylation sites (N-methyl/N-ethyl adjacent to an activating group) is 1. The van der Waals surface area contributed by atoms with E-state index >= 15 is 0 Å². The molecule has 0 amide bonds. The summed E-state index contributed by atoms with van der Waals surface area (Å²) in [6.07, 6.45) is 2.53. The van der Waals surface area contributed by atoms with E-state index in [1.54, 1.807) is 0 Å². The molecule has 6 rings (SSSR count). The third-order valence-electron chi connectivity index (χ3n) is 8.66. The molecule has 246 valence electrons. The van der Waals surface area contributed by atoms with Crippen molar-refractivity contribution in [2.45, 2.75) is 43.2 Å². The molecule has 0 aliphatic carbocycles. The van der Waals surface area contributed by atoms with E-state index in [9.17, 15) is 22.0 Å². The van der Waals surface area contributed by atoms with Gasteiger partial charge >= 0.3 is 0 Å². The van der Waals surface area contributed by atoms with Crippen molar-refractivity contribution in [1.29, 1.82) is 0 Å². The zero-order valence-electron chi connectivity index (χ0n) is 25.0. The Morgan fingerprint density at radius 2 is 1.78 bits per heavy atom. The minimum Gasteiger partial charge on any atom is -0.383 e. The Hall–Kier alpha value is -2.81. The van der Waals surface area contributed by atoms with Crippen molar-refractivity contribution < 1.29 is 22.0 Å². The van der Waals surface area contributed by atoms with Crippen LogP contribution in [0.25, 0.3) is 0 Å². The summed E-state index contributed by atoms with van der Waals surface area (Å²) in [5.41, 5.74) is 4.25. The number of halogens is 4. The molecule has 3 aliphatic rings. The number of hydrogen-bond acceptors (Lipinski definition) is 8. The van der Waals surface area contributed by atoms with Crippen molar-refractivity contribution in [3.05, 3.63) is 70.5 Å². The van der Waals surface area contributed by atoms with Gasteiger partial charge in [-0.2, -0.15) is 9.40 Å². The third-order valence-corrected chi connectivity index (χ3v) is 10.5. The van der Waals surface area contributed by atoms with Gasteiger partial charge in [0, 0.05) is 92.5 Å².